The summed E-state index contributed by atoms with van der Waals surface area (Å²) < 4.78 is 0. The van der Waals surface area contributed by atoms with Gasteiger partial charge in [-0.05, 0) is 6.42 Å². The SMILES string of the molecule is C[Si](C)(C)CCC(=O)C(O)CC[Si](C)(C)C. The Labute approximate surface area is 102 Å². The van der Waals surface area contributed by atoms with Gasteiger partial charge in [0.15, 0.2) is 5.78 Å². The van der Waals surface area contributed by atoms with Gasteiger partial charge in [-0.1, -0.05) is 51.4 Å². The number of rotatable bonds is 7. The van der Waals surface area contributed by atoms with Crippen LogP contribution in [-0.2, 0) is 4.79 Å². The van der Waals surface area contributed by atoms with E-state index in [1.54, 1.807) is 0 Å². The van der Waals surface area contributed by atoms with Crippen molar-refractivity contribution in [2.45, 2.75) is 70.3 Å². The van der Waals surface area contributed by atoms with Crippen molar-refractivity contribution in [3.8, 4) is 0 Å². The van der Waals surface area contributed by atoms with Gasteiger partial charge in [0, 0.05) is 22.6 Å². The summed E-state index contributed by atoms with van der Waals surface area (Å²) in [6.07, 6.45) is 0.533. The van der Waals surface area contributed by atoms with Crippen molar-refractivity contribution in [2.75, 3.05) is 0 Å². The monoisotopic (exact) mass is 260 g/mol. The van der Waals surface area contributed by atoms with E-state index in [9.17, 15) is 9.90 Å². The summed E-state index contributed by atoms with van der Waals surface area (Å²) >= 11 is 0. The van der Waals surface area contributed by atoms with E-state index in [4.69, 9.17) is 0 Å². The number of Topliss-reactive ketones (excluding diaryl/α,β-unsaturated/α-hetero) is 1. The third kappa shape index (κ3) is 9.30. The van der Waals surface area contributed by atoms with Gasteiger partial charge in [0.05, 0.1) is 0 Å². The summed E-state index contributed by atoms with van der Waals surface area (Å²) in [5.41, 5.74) is 0. The van der Waals surface area contributed by atoms with Crippen molar-refractivity contribution < 1.29 is 9.90 Å². The highest BCUT2D eigenvalue weighted by Crippen LogP contribution is 2.17. The minimum Gasteiger partial charge on any atom is -0.385 e. The number of ketones is 1. The minimum atomic E-state index is -1.15. The fourth-order valence-electron chi connectivity index (χ4n) is 1.40. The molecule has 0 aromatic carbocycles. The first-order valence-corrected chi connectivity index (χ1v) is 13.6. The van der Waals surface area contributed by atoms with Crippen LogP contribution in [0.1, 0.15) is 12.8 Å². The molecule has 0 aliphatic rings. The second-order valence-corrected chi connectivity index (χ2v) is 18.4. The van der Waals surface area contributed by atoms with Crippen LogP contribution in [0.4, 0.5) is 0 Å². The van der Waals surface area contributed by atoms with Crippen LogP contribution in [0.5, 0.6) is 0 Å². The van der Waals surface area contributed by atoms with E-state index >= 15 is 0 Å². The summed E-state index contributed by atoms with van der Waals surface area (Å²) in [5, 5.41) is 9.77. The molecule has 0 saturated carbocycles. The maximum Gasteiger partial charge on any atom is 0.160 e. The van der Waals surface area contributed by atoms with Crippen molar-refractivity contribution >= 4 is 21.9 Å². The lowest BCUT2D eigenvalue weighted by Gasteiger charge is -2.19. The molecular formula is C12H28O2Si2. The highest BCUT2D eigenvalue weighted by atomic mass is 28.3. The lowest BCUT2D eigenvalue weighted by Crippen LogP contribution is -2.28. The molecule has 0 aromatic heterocycles. The smallest absolute Gasteiger partial charge is 0.160 e. The van der Waals surface area contributed by atoms with Crippen molar-refractivity contribution in [2.24, 2.45) is 0 Å². The third-order valence-corrected chi connectivity index (χ3v) is 6.20. The Hall–Kier alpha value is 0.0638. The van der Waals surface area contributed by atoms with E-state index in [1.807, 2.05) is 0 Å². The third-order valence-electron chi connectivity index (χ3n) is 2.66. The van der Waals surface area contributed by atoms with Crippen LogP contribution in [0.2, 0.25) is 51.4 Å². The number of aliphatic hydroxyl groups is 1. The molecule has 0 aliphatic heterocycles. The molecule has 0 radical (unpaired) electrons. The van der Waals surface area contributed by atoms with Gasteiger partial charge in [-0.15, -0.1) is 0 Å². The molecule has 0 aliphatic carbocycles. The summed E-state index contributed by atoms with van der Waals surface area (Å²) in [7, 11) is -2.28. The van der Waals surface area contributed by atoms with Crippen molar-refractivity contribution in [1.82, 2.24) is 0 Å². The van der Waals surface area contributed by atoms with Gasteiger partial charge < -0.3 is 5.11 Å². The van der Waals surface area contributed by atoms with Gasteiger partial charge in [-0.2, -0.15) is 0 Å². The molecule has 0 aromatic rings. The van der Waals surface area contributed by atoms with Gasteiger partial charge in [0.1, 0.15) is 6.10 Å². The van der Waals surface area contributed by atoms with Crippen LogP contribution in [0.3, 0.4) is 0 Å². The fourth-order valence-corrected chi connectivity index (χ4v) is 3.53. The van der Waals surface area contributed by atoms with Crippen LogP contribution in [0, 0.1) is 0 Å². The van der Waals surface area contributed by atoms with E-state index in [1.165, 1.54) is 0 Å². The minimum absolute atomic E-state index is 0.0562. The highest BCUT2D eigenvalue weighted by molar-refractivity contribution is 6.76. The molecule has 0 bridgehead atoms. The van der Waals surface area contributed by atoms with Crippen LogP contribution in [0.15, 0.2) is 0 Å². The average molecular weight is 261 g/mol. The maximum atomic E-state index is 11.7. The van der Waals surface area contributed by atoms with Gasteiger partial charge in [0.2, 0.25) is 0 Å². The molecule has 0 saturated heterocycles. The average Bonchev–Trinajstić information content (AvgIpc) is 2.07. The van der Waals surface area contributed by atoms with E-state index in [0.717, 1.165) is 12.1 Å². The van der Waals surface area contributed by atoms with Crippen LogP contribution in [0.25, 0.3) is 0 Å². The largest absolute Gasteiger partial charge is 0.385 e. The number of carbonyl (C=O) groups is 1. The predicted molar refractivity (Wildman–Crippen MR) is 76.6 cm³/mol. The Morgan fingerprint density at radius 1 is 1.00 bits per heavy atom. The zero-order valence-electron chi connectivity index (χ0n) is 11.8. The molecule has 16 heavy (non-hydrogen) atoms. The summed E-state index contributed by atoms with van der Waals surface area (Å²) in [6.45, 7) is 13.6. The van der Waals surface area contributed by atoms with Gasteiger partial charge in [-0.25, -0.2) is 0 Å². The first-order valence-electron chi connectivity index (χ1n) is 6.22. The van der Waals surface area contributed by atoms with Crippen LogP contribution in [-0.4, -0.2) is 33.1 Å². The van der Waals surface area contributed by atoms with Crippen molar-refractivity contribution in [1.29, 1.82) is 0 Å². The van der Waals surface area contributed by atoms with E-state index in [-0.39, 0.29) is 5.78 Å². The second kappa shape index (κ2) is 6.12. The van der Waals surface area contributed by atoms with Crippen LogP contribution < -0.4 is 0 Å². The first kappa shape index (κ1) is 16.1. The Balaban J connectivity index is 3.92. The van der Waals surface area contributed by atoms with Crippen molar-refractivity contribution in [3.05, 3.63) is 0 Å². The topological polar surface area (TPSA) is 37.3 Å². The molecule has 1 atom stereocenters. The number of hydrogen-bond acceptors (Lipinski definition) is 2. The summed E-state index contributed by atoms with van der Waals surface area (Å²) in [4.78, 5) is 11.7. The van der Waals surface area contributed by atoms with E-state index < -0.39 is 22.3 Å². The Morgan fingerprint density at radius 2 is 1.44 bits per heavy atom. The van der Waals surface area contributed by atoms with E-state index in [2.05, 4.69) is 39.3 Å². The molecule has 1 unspecified atom stereocenters. The van der Waals surface area contributed by atoms with Gasteiger partial charge >= 0.3 is 0 Å². The molecule has 0 spiro atoms. The molecule has 96 valence electrons. The van der Waals surface area contributed by atoms with E-state index in [0.29, 0.717) is 12.8 Å². The predicted octanol–water partition coefficient (Wildman–Crippen LogP) is 3.37. The molecule has 0 heterocycles. The Kier molecular flexibility index (Phi) is 6.14. The maximum absolute atomic E-state index is 11.7. The summed E-state index contributed by atoms with van der Waals surface area (Å²) in [5.74, 6) is 0.0562. The fraction of sp³-hybridized carbons (Fsp3) is 0.917. The van der Waals surface area contributed by atoms with Crippen molar-refractivity contribution in [3.63, 3.8) is 0 Å². The molecule has 0 fully saturated rings. The lowest BCUT2D eigenvalue weighted by molar-refractivity contribution is -0.126. The molecule has 2 nitrogen and oxygen atoms in total. The summed E-state index contributed by atoms with van der Waals surface area (Å²) in [6, 6.07) is 2.03. The first-order chi connectivity index (χ1) is 7.01. The number of carbonyl (C=O) groups excluding carboxylic acids is 1. The zero-order valence-corrected chi connectivity index (χ0v) is 13.8. The number of hydrogen-bond donors (Lipinski definition) is 1. The molecular weight excluding hydrogens is 232 g/mol. The molecule has 1 N–H and O–H groups in total. The second-order valence-electron chi connectivity index (χ2n) is 7.14. The zero-order chi connectivity index (χ0) is 13.0. The Bertz CT molecular complexity index is 226. The Morgan fingerprint density at radius 3 is 1.81 bits per heavy atom. The quantitative estimate of drug-likeness (QED) is 0.713. The standard InChI is InChI=1S/C12H28O2Si2/c1-15(2,3)9-7-11(13)12(14)8-10-16(4,5)6/h11,13H,7-10H2,1-6H3. The van der Waals surface area contributed by atoms with Crippen LogP contribution >= 0.6 is 0 Å². The van der Waals surface area contributed by atoms with Gasteiger partial charge in [-0.3, -0.25) is 4.79 Å². The highest BCUT2D eigenvalue weighted by Gasteiger charge is 2.22. The number of aliphatic hydroxyl groups excluding tert-OH is 1. The molecule has 0 rings (SSSR count). The lowest BCUT2D eigenvalue weighted by atomic mass is 10.1. The molecule has 4 heteroatoms. The molecule has 0 amide bonds. The normalized spacial score (nSPS) is 14.9. The van der Waals surface area contributed by atoms with Gasteiger partial charge in [0.25, 0.3) is 0 Å².